The molecule has 0 unspecified atom stereocenters. The van der Waals surface area contributed by atoms with Crippen molar-refractivity contribution < 1.29 is 14.6 Å². The van der Waals surface area contributed by atoms with Crippen molar-refractivity contribution in [2.75, 3.05) is 6.79 Å². The molecule has 5 aliphatic rings. The van der Waals surface area contributed by atoms with Gasteiger partial charge >= 0.3 is 0 Å². The molecule has 158 valence electrons. The second-order valence-corrected chi connectivity index (χ2v) is 10.5. The average Bonchev–Trinajstić information content (AvgIpc) is 3.28. The number of aliphatic hydroxyl groups is 1. The fourth-order valence-electron chi connectivity index (χ4n) is 7.34. The highest BCUT2D eigenvalue weighted by Crippen LogP contribution is 2.66. The van der Waals surface area contributed by atoms with E-state index >= 15 is 0 Å². The van der Waals surface area contributed by atoms with Crippen LogP contribution in [0.25, 0.3) is 0 Å². The van der Waals surface area contributed by atoms with E-state index in [0.29, 0.717) is 24.5 Å². The Labute approximate surface area is 178 Å². The van der Waals surface area contributed by atoms with Crippen molar-refractivity contribution in [2.45, 2.75) is 70.3 Å². The minimum atomic E-state index is -0.618. The van der Waals surface area contributed by atoms with Crippen molar-refractivity contribution in [3.05, 3.63) is 46.6 Å². The fourth-order valence-corrected chi connectivity index (χ4v) is 7.34. The first kappa shape index (κ1) is 18.7. The molecule has 0 bridgehead atoms. The van der Waals surface area contributed by atoms with Crippen LogP contribution in [-0.4, -0.2) is 23.2 Å². The number of allylic oxidation sites excluding steroid dienone is 4. The number of benzene rings is 1. The highest BCUT2D eigenvalue weighted by Gasteiger charge is 2.61. The zero-order chi connectivity index (χ0) is 20.7. The van der Waals surface area contributed by atoms with Crippen molar-refractivity contribution in [3.8, 4) is 11.5 Å². The van der Waals surface area contributed by atoms with Crippen LogP contribution in [0.1, 0.15) is 70.3 Å². The van der Waals surface area contributed by atoms with Crippen molar-refractivity contribution in [3.63, 3.8) is 0 Å². The van der Waals surface area contributed by atoms with Gasteiger partial charge in [0.15, 0.2) is 11.5 Å². The molecule has 5 atom stereocenters. The standard InChI is InChI=1S/C26H31NO3/c1-25-13-20(16-4-8-22-23(12-16)30-14-29-22)24-18-7-5-17(27)11-15(18)3-6-19(24)21(25)9-10-26(25,2)28/h4,8,11-12,19-21,27-28H,3,5-7,9-10,13-14H2,1-2H3/t19-,20+,21-,25-,26-/m0/s1. The van der Waals surface area contributed by atoms with Gasteiger partial charge in [0.1, 0.15) is 0 Å². The van der Waals surface area contributed by atoms with Gasteiger partial charge in [0.2, 0.25) is 6.79 Å². The summed E-state index contributed by atoms with van der Waals surface area (Å²) in [5.74, 6) is 3.05. The van der Waals surface area contributed by atoms with Crippen LogP contribution in [0.5, 0.6) is 11.5 Å². The Morgan fingerprint density at radius 2 is 1.90 bits per heavy atom. The van der Waals surface area contributed by atoms with Gasteiger partial charge in [-0.2, -0.15) is 0 Å². The summed E-state index contributed by atoms with van der Waals surface area (Å²) < 4.78 is 11.3. The van der Waals surface area contributed by atoms with E-state index in [0.717, 1.165) is 62.2 Å². The van der Waals surface area contributed by atoms with E-state index in [1.54, 1.807) is 5.57 Å². The van der Waals surface area contributed by atoms with E-state index in [4.69, 9.17) is 14.9 Å². The van der Waals surface area contributed by atoms with E-state index < -0.39 is 5.60 Å². The van der Waals surface area contributed by atoms with Crippen LogP contribution < -0.4 is 9.47 Å². The van der Waals surface area contributed by atoms with Gasteiger partial charge in [0, 0.05) is 17.0 Å². The maximum Gasteiger partial charge on any atom is 0.231 e. The number of fused-ring (bicyclic) bond motifs is 5. The van der Waals surface area contributed by atoms with Crippen molar-refractivity contribution in [2.24, 2.45) is 17.3 Å². The van der Waals surface area contributed by atoms with Gasteiger partial charge in [-0.15, -0.1) is 0 Å². The Morgan fingerprint density at radius 3 is 2.77 bits per heavy atom. The molecule has 0 aromatic heterocycles. The Morgan fingerprint density at radius 1 is 1.07 bits per heavy atom. The first-order valence-electron chi connectivity index (χ1n) is 11.5. The molecule has 2 fully saturated rings. The molecular weight excluding hydrogens is 374 g/mol. The Balaban J connectivity index is 1.53. The quantitative estimate of drug-likeness (QED) is 0.647. The van der Waals surface area contributed by atoms with Gasteiger partial charge in [0.25, 0.3) is 0 Å². The normalized spacial score (nSPS) is 39.4. The summed E-state index contributed by atoms with van der Waals surface area (Å²) in [6.45, 7) is 4.70. The second kappa shape index (κ2) is 6.23. The predicted octanol–water partition coefficient (Wildman–Crippen LogP) is 5.52. The molecule has 0 radical (unpaired) electrons. The lowest BCUT2D eigenvalue weighted by Crippen LogP contribution is -2.50. The summed E-state index contributed by atoms with van der Waals surface area (Å²) in [7, 11) is 0. The van der Waals surface area contributed by atoms with Gasteiger partial charge in [-0.05, 0) is 98.6 Å². The number of rotatable bonds is 1. The zero-order valence-corrected chi connectivity index (χ0v) is 18.0. The number of hydrogen-bond donors (Lipinski definition) is 2. The molecular formula is C26H31NO3. The van der Waals surface area contributed by atoms with Crippen molar-refractivity contribution in [1.82, 2.24) is 0 Å². The van der Waals surface area contributed by atoms with Crippen LogP contribution in [0.3, 0.4) is 0 Å². The molecule has 1 aliphatic heterocycles. The molecule has 1 aromatic rings. The molecule has 2 N–H and O–H groups in total. The number of hydrogen-bond acceptors (Lipinski definition) is 4. The van der Waals surface area contributed by atoms with Crippen LogP contribution in [0, 0.1) is 22.7 Å². The van der Waals surface area contributed by atoms with Crippen LogP contribution in [0.15, 0.2) is 41.0 Å². The molecule has 4 nitrogen and oxygen atoms in total. The van der Waals surface area contributed by atoms with Crippen LogP contribution in [0.2, 0.25) is 0 Å². The van der Waals surface area contributed by atoms with E-state index in [9.17, 15) is 5.11 Å². The molecule has 6 rings (SSSR count). The molecule has 0 amide bonds. The number of ether oxygens (including phenoxy) is 2. The second-order valence-electron chi connectivity index (χ2n) is 10.5. The summed E-state index contributed by atoms with van der Waals surface area (Å²) in [5, 5.41) is 19.6. The fraction of sp³-hybridized carbons (Fsp3) is 0.577. The van der Waals surface area contributed by atoms with Crippen molar-refractivity contribution in [1.29, 1.82) is 5.41 Å². The first-order valence-corrected chi connectivity index (χ1v) is 11.5. The Bertz CT molecular complexity index is 1000. The van der Waals surface area contributed by atoms with Crippen molar-refractivity contribution >= 4 is 5.71 Å². The lowest BCUT2D eigenvalue weighted by molar-refractivity contribution is -0.0794. The van der Waals surface area contributed by atoms with Gasteiger partial charge in [-0.25, -0.2) is 0 Å². The predicted molar refractivity (Wildman–Crippen MR) is 116 cm³/mol. The first-order chi connectivity index (χ1) is 14.4. The Hall–Kier alpha value is -2.07. The van der Waals surface area contributed by atoms with E-state index in [1.165, 1.54) is 16.7 Å². The van der Waals surface area contributed by atoms with Gasteiger partial charge < -0.3 is 20.0 Å². The molecule has 1 heterocycles. The van der Waals surface area contributed by atoms with Crippen LogP contribution in [-0.2, 0) is 0 Å². The highest BCUT2D eigenvalue weighted by molar-refractivity contribution is 5.95. The summed E-state index contributed by atoms with van der Waals surface area (Å²) in [4.78, 5) is 0. The lowest BCUT2D eigenvalue weighted by atomic mass is 9.51. The average molecular weight is 406 g/mol. The minimum Gasteiger partial charge on any atom is -0.454 e. The largest absolute Gasteiger partial charge is 0.454 e. The van der Waals surface area contributed by atoms with E-state index in [-0.39, 0.29) is 5.41 Å². The zero-order valence-electron chi connectivity index (χ0n) is 18.0. The maximum atomic E-state index is 11.4. The smallest absolute Gasteiger partial charge is 0.231 e. The lowest BCUT2D eigenvalue weighted by Gasteiger charge is -2.54. The third-order valence-electron chi connectivity index (χ3n) is 9.13. The van der Waals surface area contributed by atoms with E-state index in [2.05, 4.69) is 38.1 Å². The molecule has 2 saturated carbocycles. The van der Waals surface area contributed by atoms with Gasteiger partial charge in [-0.3, -0.25) is 0 Å². The SMILES string of the molecule is C[C@]1(O)CC[C@H]2[C@@H]3CCC4=CC(=N)CCC4=C3[C@@H](c3ccc4c(c3)OCO4)C[C@@]21C. The Kier molecular flexibility index (Phi) is 3.88. The summed E-state index contributed by atoms with van der Waals surface area (Å²) in [6, 6.07) is 6.43. The highest BCUT2D eigenvalue weighted by atomic mass is 16.7. The maximum absolute atomic E-state index is 11.4. The third-order valence-corrected chi connectivity index (χ3v) is 9.13. The van der Waals surface area contributed by atoms with Crippen LogP contribution >= 0.6 is 0 Å². The molecule has 1 aromatic carbocycles. The summed E-state index contributed by atoms with van der Waals surface area (Å²) in [5.41, 5.74) is 5.90. The van der Waals surface area contributed by atoms with E-state index in [1.807, 2.05) is 0 Å². The minimum absolute atomic E-state index is 0.0780. The molecule has 0 saturated heterocycles. The third kappa shape index (κ3) is 2.46. The molecule has 30 heavy (non-hydrogen) atoms. The summed E-state index contributed by atoms with van der Waals surface area (Å²) in [6.07, 6.45) is 9.20. The topological polar surface area (TPSA) is 62.5 Å². The monoisotopic (exact) mass is 405 g/mol. The summed E-state index contributed by atoms with van der Waals surface area (Å²) >= 11 is 0. The van der Waals surface area contributed by atoms with Gasteiger partial charge in [0.05, 0.1) is 5.60 Å². The van der Waals surface area contributed by atoms with Crippen LogP contribution in [0.4, 0.5) is 0 Å². The number of nitrogens with one attached hydrogen (secondary N) is 1. The molecule has 4 heteroatoms. The van der Waals surface area contributed by atoms with Gasteiger partial charge in [-0.1, -0.05) is 18.6 Å². The molecule has 0 spiro atoms. The molecule has 4 aliphatic carbocycles.